The number of quaternary nitrogens is 1. The van der Waals surface area contributed by atoms with E-state index in [0.717, 1.165) is 30.2 Å². The van der Waals surface area contributed by atoms with Crippen molar-refractivity contribution >= 4 is 35.7 Å². The summed E-state index contributed by atoms with van der Waals surface area (Å²) < 4.78 is 9.20. The van der Waals surface area contributed by atoms with Gasteiger partial charge in [-0.25, -0.2) is 4.98 Å². The van der Waals surface area contributed by atoms with Crippen LogP contribution in [0.25, 0.3) is 5.78 Å². The second-order valence-electron chi connectivity index (χ2n) is 5.70. The summed E-state index contributed by atoms with van der Waals surface area (Å²) in [4.78, 5) is 17.5. The van der Waals surface area contributed by atoms with E-state index in [1.807, 2.05) is 29.0 Å². The van der Waals surface area contributed by atoms with Gasteiger partial charge < -0.3 is 9.64 Å². The van der Waals surface area contributed by atoms with Crippen molar-refractivity contribution in [3.63, 3.8) is 0 Å². The summed E-state index contributed by atoms with van der Waals surface area (Å²) in [6.07, 6.45) is 0. The first-order valence-electron chi connectivity index (χ1n) is 7.46. The Morgan fingerprint density at radius 1 is 1.57 bits per heavy atom. The number of rotatable bonds is 3. The van der Waals surface area contributed by atoms with Crippen LogP contribution in [0, 0.1) is 18.6 Å². The van der Waals surface area contributed by atoms with Gasteiger partial charge in [0.15, 0.2) is 11.9 Å². The summed E-state index contributed by atoms with van der Waals surface area (Å²) in [5, 5.41) is 4.42. The second kappa shape index (κ2) is 6.58. The van der Waals surface area contributed by atoms with Gasteiger partial charge in [0.1, 0.15) is 6.54 Å². The van der Waals surface area contributed by atoms with Gasteiger partial charge in [-0.3, -0.25) is 9.20 Å². The summed E-state index contributed by atoms with van der Waals surface area (Å²) >= 11 is 7.20. The number of thioether (sulfide) groups is 1. The van der Waals surface area contributed by atoms with Gasteiger partial charge >= 0.3 is 5.97 Å². The van der Waals surface area contributed by atoms with Gasteiger partial charge in [-0.2, -0.15) is 4.68 Å². The van der Waals surface area contributed by atoms with E-state index in [9.17, 15) is 4.79 Å². The first-order valence-corrected chi connectivity index (χ1v) is 8.92. The molecule has 2 aromatic heterocycles. The lowest BCUT2D eigenvalue weighted by molar-refractivity contribution is -0.921. The van der Waals surface area contributed by atoms with Crippen LogP contribution in [0.1, 0.15) is 11.4 Å². The first-order chi connectivity index (χ1) is 11.0. The molecule has 23 heavy (non-hydrogen) atoms. The number of nitrogens with zero attached hydrogens (tertiary/aromatic N) is 4. The third-order valence-electron chi connectivity index (χ3n) is 3.96. The van der Waals surface area contributed by atoms with Crippen LogP contribution in [0.3, 0.4) is 0 Å². The predicted octanol–water partition coefficient (Wildman–Crippen LogP) is 0.00793. The van der Waals surface area contributed by atoms with E-state index < -0.39 is 0 Å². The van der Waals surface area contributed by atoms with Crippen molar-refractivity contribution < 1.29 is 14.4 Å². The van der Waals surface area contributed by atoms with E-state index in [2.05, 4.69) is 10.1 Å². The molecule has 0 bridgehead atoms. The van der Waals surface area contributed by atoms with Crippen LogP contribution < -0.4 is 4.90 Å². The Bertz CT molecular complexity index is 800. The largest absolute Gasteiger partial charge is 0.468 e. The van der Waals surface area contributed by atoms with Crippen molar-refractivity contribution in [3.05, 3.63) is 22.2 Å². The summed E-state index contributed by atoms with van der Waals surface area (Å²) in [5.41, 5.74) is 1.95. The molecule has 9 heteroatoms. The highest BCUT2D eigenvalue weighted by Crippen LogP contribution is 2.13. The molecule has 2 aromatic rings. The molecule has 0 aromatic carbocycles. The first kappa shape index (κ1) is 16.4. The summed E-state index contributed by atoms with van der Waals surface area (Å²) in [7, 11) is 1.44. The minimum Gasteiger partial charge on any atom is -0.468 e. The molecule has 0 spiro atoms. The number of methoxy groups -OCH3 is 1. The minimum absolute atomic E-state index is 0.114. The maximum atomic E-state index is 11.7. The molecular formula is C14H20N5O2S2+. The molecule has 3 heterocycles. The van der Waals surface area contributed by atoms with Crippen LogP contribution in [0.2, 0.25) is 0 Å². The molecule has 1 unspecified atom stereocenters. The van der Waals surface area contributed by atoms with Crippen molar-refractivity contribution in [2.75, 3.05) is 26.0 Å². The Hall–Kier alpha value is -1.45. The van der Waals surface area contributed by atoms with E-state index in [-0.39, 0.29) is 11.2 Å². The highest BCUT2D eigenvalue weighted by Gasteiger charge is 2.30. The van der Waals surface area contributed by atoms with Crippen LogP contribution in [-0.2, 0) is 16.2 Å². The van der Waals surface area contributed by atoms with Crippen LogP contribution in [0.5, 0.6) is 0 Å². The summed E-state index contributed by atoms with van der Waals surface area (Å²) in [5.74, 6) is 1.40. The number of carbonyl (C=O) groups is 1. The lowest BCUT2D eigenvalue weighted by Gasteiger charge is -2.27. The number of aryl methyl sites for hydroxylation is 2. The van der Waals surface area contributed by atoms with E-state index in [0.29, 0.717) is 17.2 Å². The highest BCUT2D eigenvalue weighted by molar-refractivity contribution is 8.00. The zero-order valence-corrected chi connectivity index (χ0v) is 15.0. The fraction of sp³-hybridized carbons (Fsp3) is 0.571. The summed E-state index contributed by atoms with van der Waals surface area (Å²) in [6, 6.07) is 1.99. The normalized spacial score (nSPS) is 21.5. The molecule has 0 saturated carbocycles. The number of hydrogen-bond donors (Lipinski definition) is 1. The lowest BCUT2D eigenvalue weighted by Crippen LogP contribution is -3.14. The van der Waals surface area contributed by atoms with Gasteiger partial charge in [0.25, 0.3) is 5.78 Å². The number of carbonyl (C=O) groups excluding carboxylic acids is 1. The third kappa shape index (κ3) is 3.26. The van der Waals surface area contributed by atoms with Gasteiger partial charge in [-0.15, -0.1) is 16.9 Å². The Morgan fingerprint density at radius 3 is 3.09 bits per heavy atom. The van der Waals surface area contributed by atoms with Gasteiger partial charge in [-0.1, -0.05) is 0 Å². The van der Waals surface area contributed by atoms with E-state index in [1.165, 1.54) is 12.0 Å². The zero-order valence-electron chi connectivity index (χ0n) is 13.4. The molecule has 7 nitrogen and oxygen atoms in total. The van der Waals surface area contributed by atoms with Crippen LogP contribution in [0.4, 0.5) is 0 Å². The molecule has 1 N–H and O–H groups in total. The number of esters is 1. The van der Waals surface area contributed by atoms with Crippen molar-refractivity contribution in [2.45, 2.75) is 25.8 Å². The Labute approximate surface area is 143 Å². The average Bonchev–Trinajstić information content (AvgIpc) is 2.82. The van der Waals surface area contributed by atoms with Gasteiger partial charge in [0.05, 0.1) is 13.7 Å². The van der Waals surface area contributed by atoms with Crippen molar-refractivity contribution in [1.82, 2.24) is 19.2 Å². The Kier molecular flexibility index (Phi) is 4.69. The fourth-order valence-corrected chi connectivity index (χ4v) is 4.45. The molecule has 1 saturated heterocycles. The zero-order chi connectivity index (χ0) is 16.6. The molecular weight excluding hydrogens is 334 g/mol. The third-order valence-corrected chi connectivity index (χ3v) is 5.55. The van der Waals surface area contributed by atoms with Crippen molar-refractivity contribution in [3.8, 4) is 0 Å². The van der Waals surface area contributed by atoms with Crippen LogP contribution >= 0.6 is 24.0 Å². The molecule has 3 rings (SSSR count). The molecule has 1 aliphatic rings. The smallest absolute Gasteiger partial charge is 0.324 e. The number of aromatic nitrogens is 4. The topological polar surface area (TPSA) is 65.9 Å². The van der Waals surface area contributed by atoms with Crippen molar-refractivity contribution in [1.29, 1.82) is 0 Å². The number of fused-ring (bicyclic) bond motifs is 1. The predicted molar refractivity (Wildman–Crippen MR) is 90.2 cm³/mol. The Balaban J connectivity index is 1.84. The molecule has 124 valence electrons. The molecule has 0 amide bonds. The molecule has 2 atom stereocenters. The van der Waals surface area contributed by atoms with Crippen molar-refractivity contribution in [2.24, 2.45) is 0 Å². The monoisotopic (exact) mass is 354 g/mol. The maximum absolute atomic E-state index is 11.7. The second-order valence-corrected chi connectivity index (χ2v) is 7.38. The van der Waals surface area contributed by atoms with E-state index in [1.54, 1.807) is 11.8 Å². The van der Waals surface area contributed by atoms with Crippen LogP contribution in [-0.4, -0.2) is 56.3 Å². The number of nitrogens with one attached hydrogen (secondary N) is 1. The SMILES string of the molecule is COC(=O)[C@@H]1C[NH+](Cn2nc3nc(C)cc(C)n3c2=S)CCS1. The molecule has 0 radical (unpaired) electrons. The Morgan fingerprint density at radius 2 is 2.35 bits per heavy atom. The van der Waals surface area contributed by atoms with Gasteiger partial charge in [0, 0.05) is 17.1 Å². The highest BCUT2D eigenvalue weighted by atomic mass is 32.2. The lowest BCUT2D eigenvalue weighted by atomic mass is 10.3. The van der Waals surface area contributed by atoms with Gasteiger partial charge in [-0.05, 0) is 32.1 Å². The minimum atomic E-state index is -0.154. The molecule has 0 aliphatic carbocycles. The molecule has 1 aliphatic heterocycles. The number of hydrogen-bond acceptors (Lipinski definition) is 6. The summed E-state index contributed by atoms with van der Waals surface area (Å²) in [6.45, 7) is 6.27. The quantitative estimate of drug-likeness (QED) is 0.619. The molecule has 1 fully saturated rings. The van der Waals surface area contributed by atoms with E-state index in [4.69, 9.17) is 17.0 Å². The van der Waals surface area contributed by atoms with Crippen LogP contribution in [0.15, 0.2) is 6.07 Å². The number of ether oxygens (including phenoxy) is 1. The fourth-order valence-electron chi connectivity index (χ4n) is 2.84. The van der Waals surface area contributed by atoms with E-state index >= 15 is 0 Å². The van der Waals surface area contributed by atoms with Gasteiger partial charge in [0.2, 0.25) is 4.77 Å². The average molecular weight is 354 g/mol. The maximum Gasteiger partial charge on any atom is 0.324 e. The standard InChI is InChI=1S/C14H19N5O2S2/c1-9-6-10(2)19-13(15-9)16-18(14(19)22)8-17-4-5-23-11(7-17)12(20)21-3/h6,11H,4-5,7-8H2,1-3H3/p+1/t11-/m0/s1.